The molecule has 0 saturated carbocycles. The van der Waals surface area contributed by atoms with Crippen LogP contribution in [0.3, 0.4) is 0 Å². The lowest BCUT2D eigenvalue weighted by Gasteiger charge is -2.16. The topological polar surface area (TPSA) is 92.4 Å². The van der Waals surface area contributed by atoms with Crippen LogP contribution in [0, 0.1) is 12.7 Å². The summed E-state index contributed by atoms with van der Waals surface area (Å²) in [6, 6.07) is 9.46. The molecule has 1 atom stereocenters. The number of nitrogens with zero attached hydrogens (tertiary/aromatic N) is 1. The summed E-state index contributed by atoms with van der Waals surface area (Å²) >= 11 is 0. The van der Waals surface area contributed by atoms with Gasteiger partial charge in [-0.2, -0.15) is 0 Å². The Morgan fingerprint density at radius 1 is 1.24 bits per heavy atom. The van der Waals surface area contributed by atoms with Gasteiger partial charge in [0.2, 0.25) is 0 Å². The average molecular weight is 342 g/mol. The predicted octanol–water partition coefficient (Wildman–Crippen LogP) is 3.22. The van der Waals surface area contributed by atoms with Gasteiger partial charge < -0.3 is 14.8 Å². The highest BCUT2D eigenvalue weighted by atomic mass is 19.1. The minimum Gasteiger partial charge on any atom is -0.481 e. The highest BCUT2D eigenvalue weighted by Crippen LogP contribution is 2.21. The van der Waals surface area contributed by atoms with Crippen LogP contribution >= 0.6 is 0 Å². The summed E-state index contributed by atoms with van der Waals surface area (Å²) in [5.41, 5.74) is 2.28. The van der Waals surface area contributed by atoms with Crippen LogP contribution in [0.1, 0.15) is 34.3 Å². The predicted molar refractivity (Wildman–Crippen MR) is 87.6 cm³/mol. The molecule has 0 unspecified atom stereocenters. The molecule has 6 nitrogen and oxygen atoms in total. The van der Waals surface area contributed by atoms with Gasteiger partial charge in [-0.25, -0.2) is 9.37 Å². The van der Waals surface area contributed by atoms with Gasteiger partial charge in [-0.05, 0) is 36.8 Å². The molecule has 0 saturated heterocycles. The lowest BCUT2D eigenvalue weighted by Crippen LogP contribution is -2.30. The van der Waals surface area contributed by atoms with Crippen molar-refractivity contribution in [1.29, 1.82) is 0 Å². The highest BCUT2D eigenvalue weighted by molar-refractivity contribution is 5.95. The van der Waals surface area contributed by atoms with Crippen molar-refractivity contribution in [3.8, 4) is 0 Å². The van der Waals surface area contributed by atoms with Crippen molar-refractivity contribution in [3.63, 3.8) is 0 Å². The van der Waals surface area contributed by atoms with Crippen molar-refractivity contribution >= 4 is 23.0 Å². The van der Waals surface area contributed by atoms with Crippen LogP contribution in [-0.2, 0) is 4.79 Å². The highest BCUT2D eigenvalue weighted by Gasteiger charge is 2.21. The van der Waals surface area contributed by atoms with Crippen molar-refractivity contribution in [2.45, 2.75) is 19.4 Å². The number of rotatable bonds is 5. The Morgan fingerprint density at radius 3 is 2.64 bits per heavy atom. The summed E-state index contributed by atoms with van der Waals surface area (Å²) in [6.45, 7) is 1.82. The second-order valence-corrected chi connectivity index (χ2v) is 5.62. The van der Waals surface area contributed by atoms with E-state index in [9.17, 15) is 14.0 Å². The second-order valence-electron chi connectivity index (χ2n) is 5.62. The lowest BCUT2D eigenvalue weighted by atomic mass is 10.0. The van der Waals surface area contributed by atoms with E-state index in [-0.39, 0.29) is 12.2 Å². The maximum absolute atomic E-state index is 13.1. The summed E-state index contributed by atoms with van der Waals surface area (Å²) < 4.78 is 18.5. The van der Waals surface area contributed by atoms with E-state index >= 15 is 0 Å². The van der Waals surface area contributed by atoms with Crippen molar-refractivity contribution < 1.29 is 23.5 Å². The molecular formula is C18H15FN2O4. The standard InChI is InChI=1S/C18H15FN2O4/c1-10-2-7-15-14(20-10)8-16(25-15)18(24)21-13(9-17(22)23)11-3-5-12(19)6-4-11/h2-8,13H,9H2,1H3,(H,21,24)(H,22,23)/t13-/m0/s1. The molecule has 128 valence electrons. The van der Waals surface area contributed by atoms with Gasteiger partial charge in [-0.1, -0.05) is 12.1 Å². The molecule has 0 radical (unpaired) electrons. The number of pyridine rings is 1. The summed E-state index contributed by atoms with van der Waals surface area (Å²) in [6.07, 6.45) is -0.338. The molecule has 2 heterocycles. The van der Waals surface area contributed by atoms with Gasteiger partial charge in [0.05, 0.1) is 12.5 Å². The van der Waals surface area contributed by atoms with Crippen LogP contribution in [-0.4, -0.2) is 22.0 Å². The largest absolute Gasteiger partial charge is 0.481 e. The van der Waals surface area contributed by atoms with E-state index in [1.807, 2.05) is 6.92 Å². The molecule has 1 aromatic carbocycles. The fraction of sp³-hybridized carbons (Fsp3) is 0.167. The van der Waals surface area contributed by atoms with E-state index in [0.717, 1.165) is 5.69 Å². The zero-order valence-electron chi connectivity index (χ0n) is 13.3. The van der Waals surface area contributed by atoms with E-state index in [1.165, 1.54) is 30.3 Å². The van der Waals surface area contributed by atoms with Crippen LogP contribution in [0.5, 0.6) is 0 Å². The number of hydrogen-bond acceptors (Lipinski definition) is 4. The first kappa shape index (κ1) is 16.6. The monoisotopic (exact) mass is 342 g/mol. The van der Waals surface area contributed by atoms with Gasteiger partial charge in [0.1, 0.15) is 11.3 Å². The van der Waals surface area contributed by atoms with Crippen LogP contribution in [0.4, 0.5) is 4.39 Å². The summed E-state index contributed by atoms with van der Waals surface area (Å²) in [7, 11) is 0. The van der Waals surface area contributed by atoms with E-state index < -0.39 is 23.7 Å². The molecular weight excluding hydrogens is 327 g/mol. The van der Waals surface area contributed by atoms with Crippen molar-refractivity contribution in [2.75, 3.05) is 0 Å². The van der Waals surface area contributed by atoms with Crippen LogP contribution in [0.25, 0.3) is 11.1 Å². The fourth-order valence-corrected chi connectivity index (χ4v) is 2.49. The molecule has 0 aliphatic rings. The number of halogens is 1. The van der Waals surface area contributed by atoms with Crippen LogP contribution < -0.4 is 5.32 Å². The number of carbonyl (C=O) groups is 2. The van der Waals surface area contributed by atoms with Gasteiger partial charge in [0.25, 0.3) is 5.91 Å². The molecule has 25 heavy (non-hydrogen) atoms. The van der Waals surface area contributed by atoms with Crippen molar-refractivity contribution in [3.05, 3.63) is 65.3 Å². The Kier molecular flexibility index (Phi) is 4.47. The summed E-state index contributed by atoms with van der Waals surface area (Å²) in [4.78, 5) is 27.8. The molecule has 2 aromatic heterocycles. The first-order valence-electron chi connectivity index (χ1n) is 7.57. The van der Waals surface area contributed by atoms with E-state index in [0.29, 0.717) is 16.7 Å². The first-order valence-corrected chi connectivity index (χ1v) is 7.57. The van der Waals surface area contributed by atoms with E-state index in [1.54, 1.807) is 12.1 Å². The number of aliphatic carboxylic acids is 1. The molecule has 7 heteroatoms. The Labute approximate surface area is 142 Å². The quantitative estimate of drug-likeness (QED) is 0.743. The molecule has 0 aliphatic carbocycles. The number of carboxylic acids is 1. The maximum atomic E-state index is 13.1. The van der Waals surface area contributed by atoms with Crippen LogP contribution in [0.15, 0.2) is 46.9 Å². The van der Waals surface area contributed by atoms with Gasteiger partial charge >= 0.3 is 5.97 Å². The zero-order chi connectivity index (χ0) is 18.0. The number of carbonyl (C=O) groups excluding carboxylic acids is 1. The first-order chi connectivity index (χ1) is 11.9. The molecule has 2 N–H and O–H groups in total. The Bertz CT molecular complexity index is 934. The molecule has 0 fully saturated rings. The van der Waals surface area contributed by atoms with E-state index in [4.69, 9.17) is 9.52 Å². The number of aromatic nitrogens is 1. The third-order valence-corrected chi connectivity index (χ3v) is 3.69. The number of benzene rings is 1. The van der Waals surface area contributed by atoms with Gasteiger partial charge in [0, 0.05) is 11.8 Å². The Hall–Kier alpha value is -3.22. The number of aryl methyl sites for hydroxylation is 1. The SMILES string of the molecule is Cc1ccc2oc(C(=O)N[C@@H](CC(=O)O)c3ccc(F)cc3)cc2n1. The molecule has 0 spiro atoms. The Balaban J connectivity index is 1.85. The minimum atomic E-state index is -1.09. The summed E-state index contributed by atoms with van der Waals surface area (Å²) in [5, 5.41) is 11.7. The number of carboxylic acid groups (broad SMARTS) is 1. The molecule has 3 rings (SSSR count). The Morgan fingerprint density at radius 2 is 1.96 bits per heavy atom. The normalized spacial score (nSPS) is 12.1. The third kappa shape index (κ3) is 3.82. The number of fused-ring (bicyclic) bond motifs is 1. The molecule has 0 bridgehead atoms. The molecule has 0 aliphatic heterocycles. The average Bonchev–Trinajstić information content (AvgIpc) is 2.97. The summed E-state index contributed by atoms with van der Waals surface area (Å²) in [5.74, 6) is -2.06. The van der Waals surface area contributed by atoms with E-state index in [2.05, 4.69) is 10.3 Å². The number of amides is 1. The van der Waals surface area contributed by atoms with Gasteiger partial charge in [-0.3, -0.25) is 9.59 Å². The fourth-order valence-electron chi connectivity index (χ4n) is 2.49. The second kappa shape index (κ2) is 6.72. The number of furan rings is 1. The molecule has 1 amide bonds. The van der Waals surface area contributed by atoms with Gasteiger partial charge in [0.15, 0.2) is 11.3 Å². The van der Waals surface area contributed by atoms with Crippen molar-refractivity contribution in [2.24, 2.45) is 0 Å². The van der Waals surface area contributed by atoms with Gasteiger partial charge in [-0.15, -0.1) is 0 Å². The number of hydrogen-bond donors (Lipinski definition) is 2. The number of nitrogens with one attached hydrogen (secondary N) is 1. The van der Waals surface area contributed by atoms with Crippen molar-refractivity contribution in [1.82, 2.24) is 10.3 Å². The third-order valence-electron chi connectivity index (χ3n) is 3.69. The lowest BCUT2D eigenvalue weighted by molar-refractivity contribution is -0.137. The maximum Gasteiger partial charge on any atom is 0.305 e. The molecule has 3 aromatic rings. The minimum absolute atomic E-state index is 0.0330. The smallest absolute Gasteiger partial charge is 0.305 e. The zero-order valence-corrected chi connectivity index (χ0v) is 13.3. The van der Waals surface area contributed by atoms with Crippen LogP contribution in [0.2, 0.25) is 0 Å².